The van der Waals surface area contributed by atoms with Crippen LogP contribution in [0, 0.1) is 5.82 Å². The number of nitrogens with zero attached hydrogens (tertiary/aromatic N) is 3. The van der Waals surface area contributed by atoms with E-state index in [0.717, 1.165) is 37.4 Å². The number of ether oxygens (including phenoxy) is 1. The van der Waals surface area contributed by atoms with Crippen molar-refractivity contribution < 1.29 is 13.9 Å². The molecule has 2 aromatic carbocycles. The number of nitrogens with one attached hydrogen (secondary N) is 1. The van der Waals surface area contributed by atoms with Crippen molar-refractivity contribution in [3.63, 3.8) is 0 Å². The first-order chi connectivity index (χ1) is 16.1. The molecule has 4 heterocycles. The fourth-order valence-corrected chi connectivity index (χ4v) is 4.67. The average Bonchev–Trinajstić information content (AvgIpc) is 3.41. The summed E-state index contributed by atoms with van der Waals surface area (Å²) in [7, 11) is 0. The maximum absolute atomic E-state index is 15.6. The van der Waals surface area contributed by atoms with E-state index in [1.165, 1.54) is 10.6 Å². The van der Waals surface area contributed by atoms with Crippen LogP contribution in [0.1, 0.15) is 15.9 Å². The first-order valence-corrected chi connectivity index (χ1v) is 11.2. The molecule has 33 heavy (non-hydrogen) atoms. The highest BCUT2D eigenvalue weighted by Gasteiger charge is 2.34. The number of piperazine rings is 1. The number of aromatic nitrogens is 2. The zero-order valence-electron chi connectivity index (χ0n) is 17.6. The zero-order chi connectivity index (χ0) is 22.5. The van der Waals surface area contributed by atoms with Gasteiger partial charge in [-0.25, -0.2) is 9.37 Å². The predicted molar refractivity (Wildman–Crippen MR) is 126 cm³/mol. The number of pyridine rings is 1. The van der Waals surface area contributed by atoms with E-state index in [4.69, 9.17) is 21.3 Å². The minimum absolute atomic E-state index is 0.171. The molecule has 6 nitrogen and oxygen atoms in total. The van der Waals surface area contributed by atoms with Gasteiger partial charge in [0.15, 0.2) is 0 Å². The molecule has 166 valence electrons. The maximum atomic E-state index is 15.6. The van der Waals surface area contributed by atoms with E-state index < -0.39 is 5.82 Å². The highest BCUT2D eigenvalue weighted by Crippen LogP contribution is 2.43. The highest BCUT2D eigenvalue weighted by atomic mass is 35.5. The van der Waals surface area contributed by atoms with Crippen molar-refractivity contribution in [2.24, 2.45) is 0 Å². The van der Waals surface area contributed by atoms with Gasteiger partial charge in [0, 0.05) is 43.1 Å². The molecule has 0 aliphatic carbocycles. The summed E-state index contributed by atoms with van der Waals surface area (Å²) < 4.78 is 23.3. The second kappa shape index (κ2) is 7.86. The van der Waals surface area contributed by atoms with Gasteiger partial charge < -0.3 is 15.0 Å². The van der Waals surface area contributed by atoms with Crippen LogP contribution in [0.5, 0.6) is 5.75 Å². The average molecular weight is 463 g/mol. The number of hydrogen-bond donors (Lipinski definition) is 1. The minimum atomic E-state index is -0.452. The van der Waals surface area contributed by atoms with Gasteiger partial charge in [0.05, 0.1) is 16.6 Å². The molecular weight excluding hydrogens is 443 g/mol. The monoisotopic (exact) mass is 462 g/mol. The number of anilines is 1. The van der Waals surface area contributed by atoms with Gasteiger partial charge in [-0.1, -0.05) is 23.7 Å². The van der Waals surface area contributed by atoms with Crippen LogP contribution in [0.25, 0.3) is 22.3 Å². The van der Waals surface area contributed by atoms with Crippen LogP contribution in [-0.4, -0.2) is 41.6 Å². The van der Waals surface area contributed by atoms with Crippen molar-refractivity contribution in [3.8, 4) is 17.1 Å². The van der Waals surface area contributed by atoms with Gasteiger partial charge in [0.2, 0.25) is 0 Å². The molecule has 0 amide bonds. The Morgan fingerprint density at radius 2 is 1.91 bits per heavy atom. The second-order valence-corrected chi connectivity index (χ2v) is 8.64. The fourth-order valence-electron chi connectivity index (χ4n) is 4.54. The molecule has 0 radical (unpaired) electrons. The normalized spacial score (nSPS) is 15.1. The van der Waals surface area contributed by atoms with E-state index in [0.29, 0.717) is 27.5 Å². The summed E-state index contributed by atoms with van der Waals surface area (Å²) in [4.78, 5) is 20.1. The van der Waals surface area contributed by atoms with E-state index in [9.17, 15) is 4.79 Å². The first kappa shape index (κ1) is 20.2. The lowest BCUT2D eigenvalue weighted by Gasteiger charge is -2.29. The number of rotatable bonds is 4. The fraction of sp³-hybridized carbons (Fsp3) is 0.200. The molecule has 4 aromatic rings. The Balaban J connectivity index is 1.51. The first-order valence-electron chi connectivity index (χ1n) is 10.8. The SMILES string of the molecule is O=C1c2c(nc3cc(N4CCNCC4)cc(F)c3c2OCc2ccc(Cl)cc2)-c2cccn21. The second-order valence-electron chi connectivity index (χ2n) is 8.21. The topological polar surface area (TPSA) is 59.4 Å². The molecule has 2 aliphatic rings. The van der Waals surface area contributed by atoms with Crippen LogP contribution in [0.15, 0.2) is 54.7 Å². The lowest BCUT2D eigenvalue weighted by molar-refractivity contribution is 0.0965. The summed E-state index contributed by atoms with van der Waals surface area (Å²) in [5.74, 6) is -0.495. The molecule has 2 aromatic heterocycles. The molecule has 1 saturated heterocycles. The Hall–Kier alpha value is -3.42. The molecule has 0 bridgehead atoms. The molecule has 0 spiro atoms. The Labute approximate surface area is 194 Å². The van der Waals surface area contributed by atoms with Crippen molar-refractivity contribution in [2.45, 2.75) is 6.61 Å². The molecule has 8 heteroatoms. The van der Waals surface area contributed by atoms with Crippen molar-refractivity contribution in [2.75, 3.05) is 31.1 Å². The van der Waals surface area contributed by atoms with E-state index in [2.05, 4.69) is 10.2 Å². The quantitative estimate of drug-likeness (QED) is 0.426. The van der Waals surface area contributed by atoms with Crippen LogP contribution in [0.3, 0.4) is 0 Å². The Morgan fingerprint density at radius 1 is 1.12 bits per heavy atom. The standard InChI is InChI=1S/C25H20ClFN4O2/c26-16-5-3-15(4-6-16)14-33-24-21-18(27)12-17(30-10-7-28-8-11-30)13-19(21)29-23-20-2-1-9-31(20)25(32)22(23)24/h1-6,9,12-13,28H,7-8,10-11,14H2. The number of carbonyl (C=O) groups excluding carboxylic acids is 1. The van der Waals surface area contributed by atoms with Gasteiger partial charge in [-0.3, -0.25) is 9.36 Å². The smallest absolute Gasteiger partial charge is 0.268 e. The Kier molecular flexibility index (Phi) is 4.81. The van der Waals surface area contributed by atoms with Gasteiger partial charge in [0.1, 0.15) is 29.4 Å². The summed E-state index contributed by atoms with van der Waals surface area (Å²) in [6, 6.07) is 14.3. The summed E-state index contributed by atoms with van der Waals surface area (Å²) >= 11 is 5.99. The number of carbonyl (C=O) groups is 1. The van der Waals surface area contributed by atoms with Crippen molar-refractivity contribution >= 4 is 34.1 Å². The van der Waals surface area contributed by atoms with E-state index in [1.54, 1.807) is 24.4 Å². The molecule has 2 aliphatic heterocycles. The van der Waals surface area contributed by atoms with Gasteiger partial charge in [0.25, 0.3) is 5.91 Å². The third kappa shape index (κ3) is 3.35. The Bertz CT molecular complexity index is 1390. The zero-order valence-corrected chi connectivity index (χ0v) is 18.4. The van der Waals surface area contributed by atoms with E-state index in [1.807, 2.05) is 24.3 Å². The van der Waals surface area contributed by atoms with Crippen LogP contribution in [0.2, 0.25) is 5.02 Å². The third-order valence-corrected chi connectivity index (χ3v) is 6.43. The number of hydrogen-bond acceptors (Lipinski definition) is 5. The molecular formula is C25H20ClFN4O2. The van der Waals surface area contributed by atoms with Gasteiger partial charge in [-0.15, -0.1) is 0 Å². The van der Waals surface area contributed by atoms with E-state index in [-0.39, 0.29) is 23.6 Å². The third-order valence-electron chi connectivity index (χ3n) is 6.18. The van der Waals surface area contributed by atoms with Gasteiger partial charge >= 0.3 is 0 Å². The molecule has 0 unspecified atom stereocenters. The van der Waals surface area contributed by atoms with Crippen LogP contribution >= 0.6 is 11.6 Å². The molecule has 0 atom stereocenters. The van der Waals surface area contributed by atoms with Gasteiger partial charge in [-0.2, -0.15) is 0 Å². The molecule has 1 N–H and O–H groups in total. The number of halogens is 2. The summed E-state index contributed by atoms with van der Waals surface area (Å²) in [5, 5.41) is 4.15. The van der Waals surface area contributed by atoms with Crippen molar-refractivity contribution in [1.29, 1.82) is 0 Å². The van der Waals surface area contributed by atoms with Crippen LogP contribution in [0.4, 0.5) is 10.1 Å². The van der Waals surface area contributed by atoms with Crippen molar-refractivity contribution in [1.82, 2.24) is 14.9 Å². The summed E-state index contributed by atoms with van der Waals surface area (Å²) in [6.07, 6.45) is 1.69. The number of fused-ring (bicyclic) bond motifs is 4. The van der Waals surface area contributed by atoms with Gasteiger partial charge in [-0.05, 0) is 42.0 Å². The largest absolute Gasteiger partial charge is 0.487 e. The van der Waals surface area contributed by atoms with E-state index >= 15 is 4.39 Å². The van der Waals surface area contributed by atoms with Crippen LogP contribution in [-0.2, 0) is 6.61 Å². The summed E-state index contributed by atoms with van der Waals surface area (Å²) in [6.45, 7) is 3.43. The molecule has 0 saturated carbocycles. The summed E-state index contributed by atoms with van der Waals surface area (Å²) in [5.41, 5.74) is 3.59. The minimum Gasteiger partial charge on any atom is -0.487 e. The maximum Gasteiger partial charge on any atom is 0.268 e. The van der Waals surface area contributed by atoms with Crippen LogP contribution < -0.4 is 15.0 Å². The molecule has 6 rings (SSSR count). The molecule has 1 fully saturated rings. The predicted octanol–water partition coefficient (Wildman–Crippen LogP) is 4.49. The Morgan fingerprint density at radius 3 is 2.70 bits per heavy atom. The highest BCUT2D eigenvalue weighted by molar-refractivity contribution is 6.30. The van der Waals surface area contributed by atoms with Crippen molar-refractivity contribution in [3.05, 3.63) is 76.7 Å². The lowest BCUT2D eigenvalue weighted by Crippen LogP contribution is -2.43. The number of benzene rings is 2. The lowest BCUT2D eigenvalue weighted by atomic mass is 10.0.